The Balaban J connectivity index is 2.53. The van der Waals surface area contributed by atoms with Gasteiger partial charge in [-0.3, -0.25) is 9.35 Å². The molecule has 0 bridgehead atoms. The van der Waals surface area contributed by atoms with Gasteiger partial charge in [0, 0.05) is 6.54 Å². The maximum Gasteiger partial charge on any atom is 0.266 e. The summed E-state index contributed by atoms with van der Waals surface area (Å²) in [6.45, 7) is 3.71. The van der Waals surface area contributed by atoms with Gasteiger partial charge in [-0.2, -0.15) is 8.42 Å². The lowest BCUT2D eigenvalue weighted by atomic mass is 10.1. The van der Waals surface area contributed by atoms with E-state index in [0.717, 1.165) is 0 Å². The van der Waals surface area contributed by atoms with Gasteiger partial charge >= 0.3 is 0 Å². The van der Waals surface area contributed by atoms with Gasteiger partial charge in [0.15, 0.2) is 0 Å². The summed E-state index contributed by atoms with van der Waals surface area (Å²) >= 11 is 6.01. The summed E-state index contributed by atoms with van der Waals surface area (Å²) in [7, 11) is -4.07. The zero-order valence-electron chi connectivity index (χ0n) is 11.2. The molecule has 2 N–H and O–H groups in total. The van der Waals surface area contributed by atoms with E-state index in [1.54, 1.807) is 24.3 Å². The average Bonchev–Trinajstić information content (AvgIpc) is 2.36. The molecule has 1 aromatic carbocycles. The molecule has 6 nitrogen and oxygen atoms in total. The number of halogens is 1. The number of ether oxygens (including phenoxy) is 1. The van der Waals surface area contributed by atoms with E-state index in [1.807, 2.05) is 0 Å². The van der Waals surface area contributed by atoms with Crippen LogP contribution in [0.4, 0.5) is 0 Å². The van der Waals surface area contributed by atoms with Crippen LogP contribution in [0.1, 0.15) is 5.56 Å². The van der Waals surface area contributed by atoms with Crippen molar-refractivity contribution >= 4 is 27.6 Å². The van der Waals surface area contributed by atoms with E-state index in [4.69, 9.17) is 20.9 Å². The lowest BCUT2D eigenvalue weighted by Gasteiger charge is -2.08. The molecule has 1 amide bonds. The van der Waals surface area contributed by atoms with Gasteiger partial charge in [-0.1, -0.05) is 30.3 Å². The van der Waals surface area contributed by atoms with Crippen LogP contribution in [-0.4, -0.2) is 37.8 Å². The molecule has 0 aromatic heterocycles. The fourth-order valence-corrected chi connectivity index (χ4v) is 2.11. The molecule has 0 aliphatic rings. The highest BCUT2D eigenvalue weighted by Crippen LogP contribution is 2.25. The van der Waals surface area contributed by atoms with Crippen molar-refractivity contribution in [3.63, 3.8) is 0 Å². The number of amides is 1. The van der Waals surface area contributed by atoms with Crippen LogP contribution in [0, 0.1) is 0 Å². The molecular weight excluding hydrogens is 318 g/mol. The second-order valence-corrected chi connectivity index (χ2v) is 6.16. The van der Waals surface area contributed by atoms with Crippen LogP contribution in [0.15, 0.2) is 30.9 Å². The summed E-state index contributed by atoms with van der Waals surface area (Å²) in [5, 5.41) is 2.77. The van der Waals surface area contributed by atoms with Crippen LogP contribution in [0.2, 0.25) is 5.02 Å². The number of nitrogens with one attached hydrogen (secondary N) is 1. The lowest BCUT2D eigenvalue weighted by Crippen LogP contribution is -2.30. The summed E-state index contributed by atoms with van der Waals surface area (Å²) in [6.07, 6.45) is 1.64. The van der Waals surface area contributed by atoms with Gasteiger partial charge in [0.1, 0.15) is 12.4 Å². The van der Waals surface area contributed by atoms with Gasteiger partial charge in [-0.05, 0) is 17.7 Å². The van der Waals surface area contributed by atoms with Crippen LogP contribution in [0.5, 0.6) is 5.75 Å². The molecule has 0 aliphatic carbocycles. The molecule has 0 atom stereocenters. The van der Waals surface area contributed by atoms with Crippen molar-refractivity contribution in [2.75, 3.05) is 18.9 Å². The molecule has 0 aliphatic heterocycles. The van der Waals surface area contributed by atoms with E-state index in [2.05, 4.69) is 11.9 Å². The van der Waals surface area contributed by atoms with Gasteiger partial charge in [0.2, 0.25) is 5.91 Å². The smallest absolute Gasteiger partial charge is 0.266 e. The maximum atomic E-state index is 11.6. The van der Waals surface area contributed by atoms with Crippen molar-refractivity contribution in [2.24, 2.45) is 0 Å². The molecule has 1 aromatic rings. The first-order chi connectivity index (χ1) is 9.81. The van der Waals surface area contributed by atoms with E-state index < -0.39 is 15.9 Å². The Bertz CT molecular complexity index is 615. The molecular formula is C13H16ClNO5S. The Kier molecular flexibility index (Phi) is 6.67. The van der Waals surface area contributed by atoms with E-state index in [0.29, 0.717) is 22.9 Å². The highest BCUT2D eigenvalue weighted by atomic mass is 35.5. The largest absolute Gasteiger partial charge is 0.488 e. The molecule has 0 heterocycles. The van der Waals surface area contributed by atoms with Crippen LogP contribution >= 0.6 is 11.6 Å². The molecule has 8 heteroatoms. The maximum absolute atomic E-state index is 11.6. The summed E-state index contributed by atoms with van der Waals surface area (Å²) < 4.78 is 34.9. The van der Waals surface area contributed by atoms with Crippen LogP contribution in [-0.2, 0) is 21.3 Å². The standard InChI is InChI=1S/C13H16ClNO5S/c1-2-6-20-12-4-3-10(8-11(12)14)9-13(16)15-5-7-21(17,18)19/h2-4,8H,1,5-7,9H2,(H,15,16)(H,17,18,19). The molecule has 0 saturated heterocycles. The number of rotatable bonds is 8. The monoisotopic (exact) mass is 333 g/mol. The van der Waals surface area contributed by atoms with Crippen LogP contribution < -0.4 is 10.1 Å². The molecule has 116 valence electrons. The lowest BCUT2D eigenvalue weighted by molar-refractivity contribution is -0.120. The van der Waals surface area contributed by atoms with Crippen molar-refractivity contribution in [3.05, 3.63) is 41.4 Å². The zero-order valence-corrected chi connectivity index (χ0v) is 12.8. The third-order valence-corrected chi connectivity index (χ3v) is 3.42. The van der Waals surface area contributed by atoms with Crippen molar-refractivity contribution in [1.82, 2.24) is 5.32 Å². The predicted octanol–water partition coefficient (Wildman–Crippen LogP) is 1.45. The fourth-order valence-electron chi connectivity index (χ4n) is 1.49. The van der Waals surface area contributed by atoms with E-state index >= 15 is 0 Å². The van der Waals surface area contributed by atoms with Crippen molar-refractivity contribution in [1.29, 1.82) is 0 Å². The van der Waals surface area contributed by atoms with Gasteiger partial charge in [-0.15, -0.1) is 0 Å². The summed E-state index contributed by atoms with van der Waals surface area (Å²) in [5.74, 6) is -0.394. The number of carbonyl (C=O) groups is 1. The van der Waals surface area contributed by atoms with Crippen LogP contribution in [0.25, 0.3) is 0 Å². The number of benzene rings is 1. The molecule has 21 heavy (non-hydrogen) atoms. The Morgan fingerprint density at radius 3 is 2.76 bits per heavy atom. The Morgan fingerprint density at radius 1 is 1.48 bits per heavy atom. The highest BCUT2D eigenvalue weighted by molar-refractivity contribution is 7.85. The molecule has 0 saturated carbocycles. The zero-order chi connectivity index (χ0) is 15.9. The third-order valence-electron chi connectivity index (χ3n) is 2.40. The van der Waals surface area contributed by atoms with Crippen molar-refractivity contribution in [2.45, 2.75) is 6.42 Å². The van der Waals surface area contributed by atoms with E-state index in [1.165, 1.54) is 0 Å². The molecule has 0 radical (unpaired) electrons. The quantitative estimate of drug-likeness (QED) is 0.555. The Morgan fingerprint density at radius 2 is 2.19 bits per heavy atom. The summed E-state index contributed by atoms with van der Waals surface area (Å²) in [6, 6.07) is 4.93. The van der Waals surface area contributed by atoms with Crippen molar-refractivity contribution in [3.8, 4) is 5.75 Å². The Hall–Kier alpha value is -1.57. The molecule has 0 fully saturated rings. The topological polar surface area (TPSA) is 92.7 Å². The van der Waals surface area contributed by atoms with Crippen molar-refractivity contribution < 1.29 is 22.5 Å². The third kappa shape index (κ3) is 7.12. The normalized spacial score (nSPS) is 11.0. The number of hydrogen-bond acceptors (Lipinski definition) is 4. The number of carbonyl (C=O) groups excluding carboxylic acids is 1. The summed E-state index contributed by atoms with van der Waals surface area (Å²) in [4.78, 5) is 11.6. The van der Waals surface area contributed by atoms with Crippen LogP contribution in [0.3, 0.4) is 0 Å². The first kappa shape index (κ1) is 17.5. The van der Waals surface area contributed by atoms with Gasteiger partial charge < -0.3 is 10.1 Å². The van der Waals surface area contributed by atoms with E-state index in [-0.39, 0.29) is 18.9 Å². The number of hydrogen-bond donors (Lipinski definition) is 2. The SMILES string of the molecule is C=CCOc1ccc(CC(=O)NCCS(=O)(=O)O)cc1Cl. The van der Waals surface area contributed by atoms with E-state index in [9.17, 15) is 13.2 Å². The minimum atomic E-state index is -4.07. The first-order valence-corrected chi connectivity index (χ1v) is 8.04. The second kappa shape index (κ2) is 8.02. The molecule has 1 rings (SSSR count). The second-order valence-electron chi connectivity index (χ2n) is 4.18. The highest BCUT2D eigenvalue weighted by Gasteiger charge is 2.09. The average molecular weight is 334 g/mol. The fraction of sp³-hybridized carbons (Fsp3) is 0.308. The Labute approximate surface area is 128 Å². The van der Waals surface area contributed by atoms with Gasteiger partial charge in [0.25, 0.3) is 10.1 Å². The first-order valence-electron chi connectivity index (χ1n) is 6.06. The molecule has 0 unspecified atom stereocenters. The summed E-state index contributed by atoms with van der Waals surface area (Å²) in [5.41, 5.74) is 0.662. The molecule has 0 spiro atoms. The minimum absolute atomic E-state index is 0.0485. The van der Waals surface area contributed by atoms with Gasteiger partial charge in [-0.25, -0.2) is 0 Å². The predicted molar refractivity (Wildman–Crippen MR) is 80.3 cm³/mol. The van der Waals surface area contributed by atoms with Gasteiger partial charge in [0.05, 0.1) is 17.2 Å². The minimum Gasteiger partial charge on any atom is -0.488 e.